The van der Waals surface area contributed by atoms with E-state index in [1.54, 1.807) is 38.5 Å². The van der Waals surface area contributed by atoms with Crippen LogP contribution in [0.5, 0.6) is 11.5 Å². The zero-order chi connectivity index (χ0) is 29.2. The maximum absolute atomic E-state index is 14.6. The highest BCUT2D eigenvalue weighted by Gasteiger charge is 2.43. The summed E-state index contributed by atoms with van der Waals surface area (Å²) in [7, 11) is 3.31. The summed E-state index contributed by atoms with van der Waals surface area (Å²) in [6.07, 6.45) is 10.3. The summed E-state index contributed by atoms with van der Waals surface area (Å²) < 4.78 is 11.2. The van der Waals surface area contributed by atoms with E-state index in [0.717, 1.165) is 49.3 Å². The molecular weight excluding hydrogens is 530 g/mol. The molecule has 2 aromatic rings. The second kappa shape index (κ2) is 12.5. The van der Waals surface area contributed by atoms with Crippen LogP contribution in [0.15, 0.2) is 42.5 Å². The molecule has 1 saturated heterocycles. The minimum atomic E-state index is -0.319. The second-order valence-corrected chi connectivity index (χ2v) is 12.3. The van der Waals surface area contributed by atoms with E-state index >= 15 is 0 Å². The molecule has 0 spiro atoms. The van der Waals surface area contributed by atoms with Gasteiger partial charge in [-0.1, -0.05) is 31.0 Å². The molecule has 4 aliphatic rings. The predicted molar refractivity (Wildman–Crippen MR) is 160 cm³/mol. The monoisotopic (exact) mass is 573 g/mol. The van der Waals surface area contributed by atoms with E-state index in [9.17, 15) is 14.4 Å². The third-order valence-corrected chi connectivity index (χ3v) is 9.81. The molecule has 0 aromatic heterocycles. The number of carbonyl (C=O) groups excluding carboxylic acids is 3. The van der Waals surface area contributed by atoms with Crippen molar-refractivity contribution in [3.8, 4) is 11.5 Å². The van der Waals surface area contributed by atoms with Gasteiger partial charge in [-0.15, -0.1) is 0 Å². The van der Waals surface area contributed by atoms with Gasteiger partial charge in [0.1, 0.15) is 11.5 Å². The van der Waals surface area contributed by atoms with Crippen molar-refractivity contribution in [3.05, 3.63) is 59.2 Å². The van der Waals surface area contributed by atoms with Crippen molar-refractivity contribution in [1.29, 1.82) is 0 Å². The molecule has 3 atom stereocenters. The van der Waals surface area contributed by atoms with Crippen LogP contribution in [0.1, 0.15) is 90.5 Å². The smallest absolute Gasteiger partial charge is 0.261 e. The highest BCUT2D eigenvalue weighted by Crippen LogP contribution is 2.39. The maximum Gasteiger partial charge on any atom is 0.261 e. The summed E-state index contributed by atoms with van der Waals surface area (Å²) in [5.74, 6) is 1.84. The molecule has 8 heteroatoms. The summed E-state index contributed by atoms with van der Waals surface area (Å²) in [6, 6.07) is 13.2. The van der Waals surface area contributed by atoms with Gasteiger partial charge in [-0.2, -0.15) is 0 Å². The van der Waals surface area contributed by atoms with E-state index < -0.39 is 0 Å². The lowest BCUT2D eigenvalue weighted by Crippen LogP contribution is -2.56. The third kappa shape index (κ3) is 5.65. The molecule has 6 rings (SSSR count). The summed E-state index contributed by atoms with van der Waals surface area (Å²) >= 11 is 0. The van der Waals surface area contributed by atoms with Gasteiger partial charge in [-0.3, -0.25) is 24.2 Å². The number of hydrogen-bond acceptors (Lipinski definition) is 6. The van der Waals surface area contributed by atoms with Gasteiger partial charge in [0.15, 0.2) is 0 Å². The predicted octanol–water partition coefficient (Wildman–Crippen LogP) is 5.29. The summed E-state index contributed by atoms with van der Waals surface area (Å²) in [4.78, 5) is 46.6. The standard InChI is InChI=1S/C34H43N3O5/c1-41-26-18-15-24(31(21-26)42-2)22-37(25-16-17-25)30(34(40)35-19-7-10-23-9-3-6-13-29(23)35)14-8-20-36-32(38)27-11-4-5-12-28(27)33(36)39/h4-5,11-12,15,18,21,23,25,29-30H,3,6-10,13-14,16-17,19-20,22H2,1-2H3/t23-,29+,30-/m1/s1. The Morgan fingerprint density at radius 3 is 2.33 bits per heavy atom. The Hall–Kier alpha value is -3.39. The molecule has 224 valence electrons. The number of carbonyl (C=O) groups is 3. The number of imide groups is 1. The fraction of sp³-hybridized carbons (Fsp3) is 0.559. The normalized spacial score (nSPS) is 22.6. The lowest BCUT2D eigenvalue weighted by atomic mass is 9.78. The van der Waals surface area contributed by atoms with Crippen molar-refractivity contribution in [3.63, 3.8) is 0 Å². The van der Waals surface area contributed by atoms with E-state index in [2.05, 4.69) is 9.80 Å². The van der Waals surface area contributed by atoms with Gasteiger partial charge in [0, 0.05) is 43.3 Å². The van der Waals surface area contributed by atoms with Crippen LogP contribution in [-0.4, -0.2) is 77.9 Å². The lowest BCUT2D eigenvalue weighted by molar-refractivity contribution is -0.144. The Bertz CT molecular complexity index is 1290. The average molecular weight is 574 g/mol. The number of nitrogens with zero attached hydrogens (tertiary/aromatic N) is 3. The van der Waals surface area contributed by atoms with Crippen LogP contribution >= 0.6 is 0 Å². The Balaban J connectivity index is 1.25. The number of amides is 3. The Labute approximate surface area is 248 Å². The minimum absolute atomic E-state index is 0.216. The van der Waals surface area contributed by atoms with E-state index in [4.69, 9.17) is 9.47 Å². The zero-order valence-corrected chi connectivity index (χ0v) is 24.9. The largest absolute Gasteiger partial charge is 0.497 e. The minimum Gasteiger partial charge on any atom is -0.497 e. The summed E-state index contributed by atoms with van der Waals surface area (Å²) in [5.41, 5.74) is 1.97. The third-order valence-electron chi connectivity index (χ3n) is 9.81. The summed E-state index contributed by atoms with van der Waals surface area (Å²) in [6.45, 7) is 1.73. The van der Waals surface area contributed by atoms with Crippen LogP contribution in [0.4, 0.5) is 0 Å². The van der Waals surface area contributed by atoms with E-state index in [0.29, 0.717) is 55.1 Å². The van der Waals surface area contributed by atoms with Crippen LogP contribution in [0, 0.1) is 5.92 Å². The second-order valence-electron chi connectivity index (χ2n) is 12.3. The van der Waals surface area contributed by atoms with Crippen LogP contribution in [0.2, 0.25) is 0 Å². The quantitative estimate of drug-likeness (QED) is 0.340. The van der Waals surface area contributed by atoms with Gasteiger partial charge >= 0.3 is 0 Å². The van der Waals surface area contributed by atoms with E-state index in [1.165, 1.54) is 30.6 Å². The van der Waals surface area contributed by atoms with E-state index in [-0.39, 0.29) is 23.8 Å². The Kier molecular flexibility index (Phi) is 8.52. The van der Waals surface area contributed by atoms with Crippen molar-refractivity contribution in [1.82, 2.24) is 14.7 Å². The SMILES string of the molecule is COc1ccc(CN(C2CC2)[C@H](CCCN2C(=O)c3ccccc3C2=O)C(=O)N2CCC[C@H]3CCCC[C@@H]32)c(OC)c1. The Morgan fingerprint density at radius 1 is 0.929 bits per heavy atom. The molecule has 42 heavy (non-hydrogen) atoms. The van der Waals surface area contributed by atoms with Gasteiger partial charge in [0.2, 0.25) is 5.91 Å². The maximum atomic E-state index is 14.6. The Morgan fingerprint density at radius 2 is 1.64 bits per heavy atom. The van der Waals surface area contributed by atoms with E-state index in [1.807, 2.05) is 18.2 Å². The molecule has 8 nitrogen and oxygen atoms in total. The van der Waals surface area contributed by atoms with Gasteiger partial charge < -0.3 is 14.4 Å². The number of likely N-dealkylation sites (tertiary alicyclic amines) is 1. The first-order chi connectivity index (χ1) is 20.5. The number of methoxy groups -OCH3 is 2. The molecular formula is C34H43N3O5. The molecule has 2 saturated carbocycles. The molecule has 0 radical (unpaired) electrons. The molecule has 0 N–H and O–H groups in total. The molecule has 0 unspecified atom stereocenters. The molecule has 2 aromatic carbocycles. The number of ether oxygens (including phenoxy) is 2. The highest BCUT2D eigenvalue weighted by atomic mass is 16.5. The fourth-order valence-corrected chi connectivity index (χ4v) is 7.49. The van der Waals surface area contributed by atoms with Crippen molar-refractivity contribution < 1.29 is 23.9 Å². The average Bonchev–Trinajstić information content (AvgIpc) is 3.85. The molecule has 2 aliphatic heterocycles. The van der Waals surface area contributed by atoms with Crippen LogP contribution in [-0.2, 0) is 11.3 Å². The molecule has 2 heterocycles. The number of piperidine rings is 1. The van der Waals surface area contributed by atoms with Crippen LogP contribution < -0.4 is 9.47 Å². The fourth-order valence-electron chi connectivity index (χ4n) is 7.49. The number of fused-ring (bicyclic) bond motifs is 2. The number of benzene rings is 2. The van der Waals surface area contributed by atoms with Gasteiger partial charge in [-0.05, 0) is 75.5 Å². The van der Waals surface area contributed by atoms with Crippen molar-refractivity contribution in [2.75, 3.05) is 27.3 Å². The van der Waals surface area contributed by atoms with Crippen molar-refractivity contribution >= 4 is 17.7 Å². The van der Waals surface area contributed by atoms with Crippen molar-refractivity contribution in [2.24, 2.45) is 5.92 Å². The first-order valence-corrected chi connectivity index (χ1v) is 15.7. The van der Waals surface area contributed by atoms with Gasteiger partial charge in [0.25, 0.3) is 11.8 Å². The number of hydrogen-bond donors (Lipinski definition) is 0. The highest BCUT2D eigenvalue weighted by molar-refractivity contribution is 6.21. The van der Waals surface area contributed by atoms with Gasteiger partial charge in [-0.25, -0.2) is 0 Å². The zero-order valence-electron chi connectivity index (χ0n) is 24.9. The first-order valence-electron chi connectivity index (χ1n) is 15.7. The molecule has 2 aliphatic carbocycles. The van der Waals surface area contributed by atoms with Gasteiger partial charge in [0.05, 0.1) is 31.4 Å². The summed E-state index contributed by atoms with van der Waals surface area (Å²) in [5, 5.41) is 0. The molecule has 3 fully saturated rings. The number of rotatable bonds is 11. The first kappa shape index (κ1) is 28.7. The molecule has 0 bridgehead atoms. The lowest BCUT2D eigenvalue weighted by Gasteiger charge is -2.46. The van der Waals surface area contributed by atoms with Crippen LogP contribution in [0.25, 0.3) is 0 Å². The van der Waals surface area contributed by atoms with Crippen molar-refractivity contribution in [2.45, 2.75) is 88.9 Å². The molecule has 3 amide bonds. The van der Waals surface area contributed by atoms with Crippen LogP contribution in [0.3, 0.4) is 0 Å². The topological polar surface area (TPSA) is 79.4 Å².